The highest BCUT2D eigenvalue weighted by molar-refractivity contribution is 5.49. The molecule has 0 aliphatic heterocycles. The fraction of sp³-hybridized carbons (Fsp3) is 0.267. The van der Waals surface area contributed by atoms with Gasteiger partial charge < -0.3 is 10.0 Å². The van der Waals surface area contributed by atoms with E-state index in [9.17, 15) is 18.3 Å². The number of aliphatic hydroxyl groups is 1. The Kier molecular flexibility index (Phi) is 3.91. The average Bonchev–Trinajstić information content (AvgIpc) is 2.46. The standard InChI is InChI=1S/C15H15F3N2O/c1-20(2)13-5-3-11(4-6-13)14(21,15(16,17)18)12-7-9-19-10-8-12/h3-10,21H,1-2H3. The van der Waals surface area contributed by atoms with Gasteiger partial charge in [0.25, 0.3) is 0 Å². The molecule has 0 aliphatic carbocycles. The summed E-state index contributed by atoms with van der Waals surface area (Å²) < 4.78 is 40.4. The first-order valence-corrected chi connectivity index (χ1v) is 6.24. The Bertz CT molecular complexity index is 597. The van der Waals surface area contributed by atoms with Gasteiger partial charge in [0.1, 0.15) is 0 Å². The van der Waals surface area contributed by atoms with Gasteiger partial charge in [0.2, 0.25) is 5.60 Å². The summed E-state index contributed by atoms with van der Waals surface area (Å²) in [5, 5.41) is 10.4. The molecule has 21 heavy (non-hydrogen) atoms. The molecular formula is C15H15F3N2O. The highest BCUT2D eigenvalue weighted by Gasteiger charge is 2.56. The molecule has 0 fully saturated rings. The van der Waals surface area contributed by atoms with E-state index >= 15 is 0 Å². The van der Waals surface area contributed by atoms with Crippen LogP contribution in [0.3, 0.4) is 0 Å². The molecular weight excluding hydrogens is 281 g/mol. The molecule has 0 spiro atoms. The van der Waals surface area contributed by atoms with Gasteiger partial charge in [-0.2, -0.15) is 13.2 Å². The summed E-state index contributed by atoms with van der Waals surface area (Å²) in [5.41, 5.74) is -2.80. The molecule has 0 saturated carbocycles. The van der Waals surface area contributed by atoms with Crippen molar-refractivity contribution in [3.63, 3.8) is 0 Å². The molecule has 1 heterocycles. The van der Waals surface area contributed by atoms with Crippen LogP contribution in [0.15, 0.2) is 48.8 Å². The average molecular weight is 296 g/mol. The molecule has 2 rings (SSSR count). The Balaban J connectivity index is 2.56. The third-order valence-corrected chi connectivity index (χ3v) is 3.31. The van der Waals surface area contributed by atoms with Crippen molar-refractivity contribution < 1.29 is 18.3 Å². The molecule has 3 nitrogen and oxygen atoms in total. The lowest BCUT2D eigenvalue weighted by atomic mass is 9.86. The molecule has 2 aromatic rings. The smallest absolute Gasteiger partial charge is 0.378 e. The van der Waals surface area contributed by atoms with Gasteiger partial charge in [-0.25, -0.2) is 0 Å². The van der Waals surface area contributed by atoms with Crippen LogP contribution in [0.5, 0.6) is 0 Å². The summed E-state index contributed by atoms with van der Waals surface area (Å²) in [6, 6.07) is 7.95. The predicted octanol–water partition coefficient (Wildman–Crippen LogP) is 2.95. The highest BCUT2D eigenvalue weighted by Crippen LogP contribution is 2.44. The third kappa shape index (κ3) is 2.71. The van der Waals surface area contributed by atoms with Crippen LogP contribution >= 0.6 is 0 Å². The molecule has 1 atom stereocenters. The number of benzene rings is 1. The number of hydrogen-bond acceptors (Lipinski definition) is 3. The van der Waals surface area contributed by atoms with Crippen LogP contribution in [0.1, 0.15) is 11.1 Å². The summed E-state index contributed by atoms with van der Waals surface area (Å²) in [4.78, 5) is 5.45. The van der Waals surface area contributed by atoms with Crippen LogP contribution in [0.2, 0.25) is 0 Å². The first-order valence-electron chi connectivity index (χ1n) is 6.24. The minimum atomic E-state index is -4.84. The first kappa shape index (κ1) is 15.3. The van der Waals surface area contributed by atoms with Crippen molar-refractivity contribution >= 4 is 5.69 Å². The van der Waals surface area contributed by atoms with Crippen LogP contribution < -0.4 is 4.90 Å². The maximum absolute atomic E-state index is 13.5. The lowest BCUT2D eigenvalue weighted by Crippen LogP contribution is -2.43. The van der Waals surface area contributed by atoms with Crippen molar-refractivity contribution in [2.75, 3.05) is 19.0 Å². The van der Waals surface area contributed by atoms with E-state index < -0.39 is 11.8 Å². The fourth-order valence-corrected chi connectivity index (χ4v) is 2.09. The zero-order valence-electron chi connectivity index (χ0n) is 11.6. The van der Waals surface area contributed by atoms with Gasteiger partial charge in [-0.15, -0.1) is 0 Å². The normalized spacial score (nSPS) is 14.6. The number of hydrogen-bond donors (Lipinski definition) is 1. The molecule has 1 unspecified atom stereocenters. The van der Waals surface area contributed by atoms with Crippen LogP contribution in [0.4, 0.5) is 18.9 Å². The van der Waals surface area contributed by atoms with Gasteiger partial charge in [0, 0.05) is 37.7 Å². The number of rotatable bonds is 3. The molecule has 1 N–H and O–H groups in total. The molecule has 0 bridgehead atoms. The van der Waals surface area contributed by atoms with Gasteiger partial charge in [0.15, 0.2) is 0 Å². The number of anilines is 1. The van der Waals surface area contributed by atoms with E-state index in [1.54, 1.807) is 19.0 Å². The minimum absolute atomic E-state index is 0.230. The third-order valence-electron chi connectivity index (χ3n) is 3.31. The summed E-state index contributed by atoms with van der Waals surface area (Å²) in [5.74, 6) is 0. The summed E-state index contributed by atoms with van der Waals surface area (Å²) in [7, 11) is 3.57. The van der Waals surface area contributed by atoms with Gasteiger partial charge in [-0.3, -0.25) is 4.98 Å². The van der Waals surface area contributed by atoms with Crippen molar-refractivity contribution in [1.82, 2.24) is 4.98 Å². The Morgan fingerprint density at radius 3 is 1.81 bits per heavy atom. The summed E-state index contributed by atoms with van der Waals surface area (Å²) in [6.45, 7) is 0. The van der Waals surface area contributed by atoms with E-state index in [4.69, 9.17) is 0 Å². The molecule has 0 saturated heterocycles. The topological polar surface area (TPSA) is 36.4 Å². The van der Waals surface area contributed by atoms with E-state index in [2.05, 4.69) is 4.98 Å². The molecule has 1 aromatic carbocycles. The van der Waals surface area contributed by atoms with Crippen LogP contribution in [0.25, 0.3) is 0 Å². The SMILES string of the molecule is CN(C)c1ccc(C(O)(c2ccncc2)C(F)(F)F)cc1. The van der Waals surface area contributed by atoms with Crippen LogP contribution in [-0.4, -0.2) is 30.4 Å². The van der Waals surface area contributed by atoms with Crippen molar-refractivity contribution in [2.45, 2.75) is 11.8 Å². The molecule has 1 aromatic heterocycles. The lowest BCUT2D eigenvalue weighted by molar-refractivity contribution is -0.248. The van der Waals surface area contributed by atoms with E-state index in [0.29, 0.717) is 0 Å². The quantitative estimate of drug-likeness (QED) is 0.946. The van der Waals surface area contributed by atoms with Crippen molar-refractivity contribution in [3.8, 4) is 0 Å². The fourth-order valence-electron chi connectivity index (χ4n) is 2.09. The molecule has 0 amide bonds. The maximum atomic E-state index is 13.5. The minimum Gasteiger partial charge on any atom is -0.378 e. The molecule has 0 aliphatic rings. The second-order valence-electron chi connectivity index (χ2n) is 4.89. The predicted molar refractivity (Wildman–Crippen MR) is 74.1 cm³/mol. The van der Waals surface area contributed by atoms with Crippen LogP contribution in [-0.2, 0) is 5.60 Å². The largest absolute Gasteiger partial charge is 0.425 e. The molecule has 112 valence electrons. The highest BCUT2D eigenvalue weighted by atomic mass is 19.4. The number of nitrogens with zero attached hydrogens (tertiary/aromatic N) is 2. The zero-order valence-corrected chi connectivity index (χ0v) is 11.6. The monoisotopic (exact) mass is 296 g/mol. The van der Waals surface area contributed by atoms with Crippen LogP contribution in [0, 0.1) is 0 Å². The Labute approximate surface area is 120 Å². The van der Waals surface area contributed by atoms with Gasteiger partial charge >= 0.3 is 6.18 Å². The van der Waals surface area contributed by atoms with Gasteiger partial charge in [-0.05, 0) is 29.8 Å². The van der Waals surface area contributed by atoms with E-state index in [1.807, 2.05) is 0 Å². The van der Waals surface area contributed by atoms with Crippen molar-refractivity contribution in [3.05, 3.63) is 59.9 Å². The molecule has 0 radical (unpaired) electrons. The summed E-state index contributed by atoms with van der Waals surface area (Å²) >= 11 is 0. The summed E-state index contributed by atoms with van der Waals surface area (Å²) in [6.07, 6.45) is -2.39. The van der Waals surface area contributed by atoms with Crippen molar-refractivity contribution in [2.24, 2.45) is 0 Å². The number of alkyl halides is 3. The maximum Gasteiger partial charge on any atom is 0.425 e. The van der Waals surface area contributed by atoms with Gasteiger partial charge in [-0.1, -0.05) is 12.1 Å². The Morgan fingerprint density at radius 1 is 0.905 bits per heavy atom. The van der Waals surface area contributed by atoms with E-state index in [1.165, 1.54) is 36.7 Å². The lowest BCUT2D eigenvalue weighted by Gasteiger charge is -2.31. The van der Waals surface area contributed by atoms with Crippen molar-refractivity contribution in [1.29, 1.82) is 0 Å². The van der Waals surface area contributed by atoms with Gasteiger partial charge in [0.05, 0.1) is 0 Å². The Morgan fingerprint density at radius 2 is 1.38 bits per heavy atom. The zero-order chi connectivity index (χ0) is 15.7. The number of halogens is 3. The van der Waals surface area contributed by atoms with E-state index in [-0.39, 0.29) is 11.1 Å². The number of aromatic nitrogens is 1. The molecule has 6 heteroatoms. The first-order chi connectivity index (χ1) is 9.76. The second kappa shape index (κ2) is 5.37. The second-order valence-corrected chi connectivity index (χ2v) is 4.89. The number of pyridine rings is 1. The van der Waals surface area contributed by atoms with E-state index in [0.717, 1.165) is 17.8 Å². The Hall–Kier alpha value is -2.08.